The van der Waals surface area contributed by atoms with Crippen LogP contribution < -0.4 is 10.5 Å². The fourth-order valence-corrected chi connectivity index (χ4v) is 3.94. The quantitative estimate of drug-likeness (QED) is 0.745. The van der Waals surface area contributed by atoms with Crippen LogP contribution in [0.1, 0.15) is 23.6 Å². The summed E-state index contributed by atoms with van der Waals surface area (Å²) < 4.78 is 22.6. The summed E-state index contributed by atoms with van der Waals surface area (Å²) in [5, 5.41) is 7.85. The molecule has 1 aliphatic rings. The number of sulfonamides is 1. The van der Waals surface area contributed by atoms with E-state index in [4.69, 9.17) is 11.6 Å². The number of benzene rings is 2. The number of fused-ring (bicyclic) bond motifs is 1. The molecule has 1 atom stereocenters. The Morgan fingerprint density at radius 2 is 1.93 bits per heavy atom. The molecule has 2 aromatic carbocycles. The Morgan fingerprint density at radius 1 is 1.22 bits per heavy atom. The fraction of sp³-hybridized carbons (Fsp3) is 0.250. The number of nitrogens with zero attached hydrogens (tertiary/aromatic N) is 1. The fourth-order valence-electron chi connectivity index (χ4n) is 3.42. The summed E-state index contributed by atoms with van der Waals surface area (Å²) in [6.45, 7) is 0.525. The second kappa shape index (κ2) is 7.92. The first-order chi connectivity index (χ1) is 12.9. The van der Waals surface area contributed by atoms with E-state index >= 15 is 0 Å². The van der Waals surface area contributed by atoms with Gasteiger partial charge in [0, 0.05) is 11.7 Å². The van der Waals surface area contributed by atoms with E-state index in [1.165, 1.54) is 35.4 Å². The standard InChI is InChI=1S/C20H21N3O3S/c1-2-13-23(19-12-7-15-5-3-4-6-18(15)19)14-20(24)22-16-8-10-17(11-9-16)27(21,25)26/h1,3-6,8-11,19H,7,12-14H2,(H,22,24)(H2,21,25,26). The molecule has 1 amide bonds. The van der Waals surface area contributed by atoms with E-state index in [-0.39, 0.29) is 23.4 Å². The Morgan fingerprint density at radius 3 is 2.59 bits per heavy atom. The maximum absolute atomic E-state index is 12.5. The van der Waals surface area contributed by atoms with Crippen molar-refractivity contribution in [3.63, 3.8) is 0 Å². The van der Waals surface area contributed by atoms with Gasteiger partial charge in [0.25, 0.3) is 0 Å². The molecule has 3 N–H and O–H groups in total. The Bertz CT molecular complexity index is 978. The molecule has 7 heteroatoms. The molecular formula is C20H21N3O3S. The van der Waals surface area contributed by atoms with Gasteiger partial charge in [-0.15, -0.1) is 6.42 Å². The lowest BCUT2D eigenvalue weighted by molar-refractivity contribution is -0.117. The summed E-state index contributed by atoms with van der Waals surface area (Å²) >= 11 is 0. The maximum Gasteiger partial charge on any atom is 0.238 e. The number of aryl methyl sites for hydroxylation is 1. The van der Waals surface area contributed by atoms with Gasteiger partial charge in [-0.1, -0.05) is 30.2 Å². The van der Waals surface area contributed by atoms with Crippen molar-refractivity contribution in [2.45, 2.75) is 23.8 Å². The lowest BCUT2D eigenvalue weighted by Gasteiger charge is -2.27. The molecule has 0 heterocycles. The third-order valence-corrected chi connectivity index (χ3v) is 5.58. The van der Waals surface area contributed by atoms with Crippen LogP contribution in [0.4, 0.5) is 5.69 Å². The summed E-state index contributed by atoms with van der Waals surface area (Å²) in [6.07, 6.45) is 7.41. The minimum atomic E-state index is -3.76. The largest absolute Gasteiger partial charge is 0.325 e. The third kappa shape index (κ3) is 4.55. The molecule has 2 aromatic rings. The zero-order valence-electron chi connectivity index (χ0n) is 14.8. The first kappa shape index (κ1) is 19.1. The van der Waals surface area contributed by atoms with Gasteiger partial charge < -0.3 is 5.32 Å². The Labute approximate surface area is 159 Å². The molecule has 0 spiro atoms. The summed E-state index contributed by atoms with van der Waals surface area (Å²) in [7, 11) is -3.76. The van der Waals surface area contributed by atoms with Gasteiger partial charge in [-0.25, -0.2) is 13.6 Å². The first-order valence-corrected chi connectivity index (χ1v) is 10.1. The van der Waals surface area contributed by atoms with E-state index in [1.54, 1.807) is 0 Å². The van der Waals surface area contributed by atoms with Crippen molar-refractivity contribution in [2.75, 3.05) is 18.4 Å². The smallest absolute Gasteiger partial charge is 0.238 e. The number of nitrogens with two attached hydrogens (primary N) is 1. The molecule has 0 aliphatic heterocycles. The van der Waals surface area contributed by atoms with Crippen LogP contribution in [-0.2, 0) is 21.2 Å². The molecule has 0 radical (unpaired) electrons. The summed E-state index contributed by atoms with van der Waals surface area (Å²) in [6, 6.07) is 14.1. The SMILES string of the molecule is C#CCN(CC(=O)Nc1ccc(S(N)(=O)=O)cc1)C1CCc2ccccc21. The number of carbonyl (C=O) groups is 1. The van der Waals surface area contributed by atoms with Crippen molar-refractivity contribution in [2.24, 2.45) is 5.14 Å². The van der Waals surface area contributed by atoms with E-state index < -0.39 is 10.0 Å². The van der Waals surface area contributed by atoms with Gasteiger partial charge in [-0.05, 0) is 48.2 Å². The summed E-state index contributed by atoms with van der Waals surface area (Å²) in [4.78, 5) is 14.5. The van der Waals surface area contributed by atoms with Crippen LogP contribution >= 0.6 is 0 Å². The van der Waals surface area contributed by atoms with E-state index in [0.29, 0.717) is 12.2 Å². The van der Waals surface area contributed by atoms with E-state index in [2.05, 4.69) is 23.4 Å². The second-order valence-electron chi connectivity index (χ2n) is 6.48. The molecule has 0 saturated heterocycles. The van der Waals surface area contributed by atoms with E-state index in [9.17, 15) is 13.2 Å². The number of hydrogen-bond donors (Lipinski definition) is 2. The van der Waals surface area contributed by atoms with Crippen LogP contribution in [0.5, 0.6) is 0 Å². The number of rotatable bonds is 6. The molecule has 1 aliphatic carbocycles. The van der Waals surface area contributed by atoms with E-state index in [1.807, 2.05) is 17.0 Å². The van der Waals surface area contributed by atoms with Crippen LogP contribution in [0, 0.1) is 12.3 Å². The highest BCUT2D eigenvalue weighted by Crippen LogP contribution is 2.35. The van der Waals surface area contributed by atoms with E-state index in [0.717, 1.165) is 12.8 Å². The molecule has 3 rings (SSSR count). The van der Waals surface area contributed by atoms with Gasteiger partial charge in [0.2, 0.25) is 15.9 Å². The Balaban J connectivity index is 1.69. The van der Waals surface area contributed by atoms with Crippen LogP contribution in [-0.4, -0.2) is 32.3 Å². The number of carbonyl (C=O) groups excluding carboxylic acids is 1. The monoisotopic (exact) mass is 383 g/mol. The highest BCUT2D eigenvalue weighted by molar-refractivity contribution is 7.89. The second-order valence-corrected chi connectivity index (χ2v) is 8.04. The first-order valence-electron chi connectivity index (χ1n) is 8.56. The molecule has 0 saturated carbocycles. The average molecular weight is 383 g/mol. The van der Waals surface area contributed by atoms with Crippen molar-refractivity contribution in [1.82, 2.24) is 4.90 Å². The predicted octanol–water partition coefficient (Wildman–Crippen LogP) is 1.90. The lowest BCUT2D eigenvalue weighted by Crippen LogP contribution is -2.36. The predicted molar refractivity (Wildman–Crippen MR) is 104 cm³/mol. The molecule has 140 valence electrons. The zero-order chi connectivity index (χ0) is 19.4. The third-order valence-electron chi connectivity index (χ3n) is 4.65. The van der Waals surface area contributed by atoms with Crippen LogP contribution in [0.25, 0.3) is 0 Å². The van der Waals surface area contributed by atoms with Gasteiger partial charge in [-0.2, -0.15) is 0 Å². The molecule has 0 aromatic heterocycles. The zero-order valence-corrected chi connectivity index (χ0v) is 15.6. The van der Waals surface area contributed by atoms with Crippen LogP contribution in [0.15, 0.2) is 53.4 Å². The Hall–Kier alpha value is -2.66. The number of anilines is 1. The average Bonchev–Trinajstić information content (AvgIpc) is 3.05. The van der Waals surface area contributed by atoms with Crippen molar-refractivity contribution in [3.8, 4) is 12.3 Å². The molecule has 0 fully saturated rings. The number of hydrogen-bond acceptors (Lipinski definition) is 4. The van der Waals surface area contributed by atoms with Crippen molar-refractivity contribution in [1.29, 1.82) is 0 Å². The number of amides is 1. The molecule has 1 unspecified atom stereocenters. The minimum Gasteiger partial charge on any atom is -0.325 e. The van der Waals surface area contributed by atoms with Gasteiger partial charge >= 0.3 is 0 Å². The van der Waals surface area contributed by atoms with Gasteiger partial charge in [0.05, 0.1) is 18.0 Å². The highest BCUT2D eigenvalue weighted by atomic mass is 32.2. The van der Waals surface area contributed by atoms with Gasteiger partial charge in [0.15, 0.2) is 0 Å². The Kier molecular flexibility index (Phi) is 5.61. The lowest BCUT2D eigenvalue weighted by atomic mass is 10.1. The van der Waals surface area contributed by atoms with Crippen molar-refractivity contribution in [3.05, 3.63) is 59.7 Å². The topological polar surface area (TPSA) is 92.5 Å². The van der Waals surface area contributed by atoms with Crippen LogP contribution in [0.2, 0.25) is 0 Å². The number of primary sulfonamides is 1. The molecule has 0 bridgehead atoms. The maximum atomic E-state index is 12.5. The summed E-state index contributed by atoms with van der Waals surface area (Å²) in [5.41, 5.74) is 3.02. The van der Waals surface area contributed by atoms with Crippen molar-refractivity contribution >= 4 is 21.6 Å². The minimum absolute atomic E-state index is 0.00276. The number of terminal acetylenes is 1. The number of nitrogens with one attached hydrogen (secondary N) is 1. The molecule has 6 nitrogen and oxygen atoms in total. The molecule has 27 heavy (non-hydrogen) atoms. The van der Waals surface area contributed by atoms with Crippen molar-refractivity contribution < 1.29 is 13.2 Å². The van der Waals surface area contributed by atoms with Gasteiger partial charge in [0.1, 0.15) is 0 Å². The van der Waals surface area contributed by atoms with Gasteiger partial charge in [-0.3, -0.25) is 9.69 Å². The highest BCUT2D eigenvalue weighted by Gasteiger charge is 2.28. The van der Waals surface area contributed by atoms with Crippen LogP contribution in [0.3, 0.4) is 0 Å². The summed E-state index contributed by atoms with van der Waals surface area (Å²) in [5.74, 6) is 2.42. The normalized spacial score (nSPS) is 16.0. The molecular weight excluding hydrogens is 362 g/mol.